The van der Waals surface area contributed by atoms with Crippen LogP contribution in [-0.4, -0.2) is 35.1 Å². The average Bonchev–Trinajstić information content (AvgIpc) is 2.73. The molecule has 0 saturated carbocycles. The highest BCUT2D eigenvalue weighted by molar-refractivity contribution is 9.10. The van der Waals surface area contributed by atoms with Crippen LogP contribution in [0.1, 0.15) is 31.4 Å². The smallest absolute Gasteiger partial charge is 0.242 e. The molecule has 4 nitrogen and oxygen atoms in total. The number of hydrogen-bond acceptors (Lipinski definition) is 3. The van der Waals surface area contributed by atoms with Crippen molar-refractivity contribution in [2.24, 2.45) is 0 Å². The Bertz CT molecular complexity index is 844. The molecule has 30 heavy (non-hydrogen) atoms. The molecule has 0 aliphatic carbocycles. The van der Waals surface area contributed by atoms with Gasteiger partial charge in [0.25, 0.3) is 0 Å². The third kappa shape index (κ3) is 7.49. The number of rotatable bonds is 10. The van der Waals surface area contributed by atoms with E-state index in [1.807, 2.05) is 31.2 Å². The SMILES string of the molecule is CCCNC(=O)C(C)N(Cc1ccc(Br)cc1)C(=O)CSCc1c(Cl)cccc1Cl. The predicted octanol–water partition coefficient (Wildman–Crippen LogP) is 5.93. The topological polar surface area (TPSA) is 49.4 Å². The molecule has 162 valence electrons. The fourth-order valence-electron chi connectivity index (χ4n) is 2.76. The summed E-state index contributed by atoms with van der Waals surface area (Å²) in [6.45, 7) is 4.70. The van der Waals surface area contributed by atoms with Gasteiger partial charge in [0.15, 0.2) is 0 Å². The van der Waals surface area contributed by atoms with Crippen LogP contribution in [0, 0.1) is 0 Å². The molecule has 2 rings (SSSR count). The highest BCUT2D eigenvalue weighted by atomic mass is 79.9. The van der Waals surface area contributed by atoms with Crippen LogP contribution in [0.2, 0.25) is 10.0 Å². The van der Waals surface area contributed by atoms with Crippen molar-refractivity contribution in [3.05, 3.63) is 68.1 Å². The minimum absolute atomic E-state index is 0.106. The van der Waals surface area contributed by atoms with Gasteiger partial charge < -0.3 is 10.2 Å². The molecule has 2 aromatic carbocycles. The minimum Gasteiger partial charge on any atom is -0.354 e. The normalized spacial score (nSPS) is 11.8. The summed E-state index contributed by atoms with van der Waals surface area (Å²) in [6.07, 6.45) is 0.841. The zero-order valence-corrected chi connectivity index (χ0v) is 20.9. The molecule has 0 bridgehead atoms. The summed E-state index contributed by atoms with van der Waals surface area (Å²) >= 11 is 17.3. The monoisotopic (exact) mass is 530 g/mol. The predicted molar refractivity (Wildman–Crippen MR) is 130 cm³/mol. The second-order valence-corrected chi connectivity index (χ2v) is 9.52. The Kier molecular flexibility index (Phi) is 10.5. The third-order valence-electron chi connectivity index (χ3n) is 4.52. The highest BCUT2D eigenvalue weighted by Gasteiger charge is 2.26. The molecule has 2 aromatic rings. The van der Waals surface area contributed by atoms with Crippen molar-refractivity contribution < 1.29 is 9.59 Å². The first-order valence-corrected chi connectivity index (χ1v) is 12.4. The van der Waals surface area contributed by atoms with Crippen LogP contribution < -0.4 is 5.32 Å². The first-order valence-electron chi connectivity index (χ1n) is 9.65. The molecular weight excluding hydrogens is 507 g/mol. The maximum atomic E-state index is 13.0. The Morgan fingerprint density at radius 2 is 1.77 bits per heavy atom. The van der Waals surface area contributed by atoms with Gasteiger partial charge in [-0.2, -0.15) is 0 Å². The van der Waals surface area contributed by atoms with E-state index in [1.165, 1.54) is 11.8 Å². The Morgan fingerprint density at radius 1 is 1.13 bits per heavy atom. The van der Waals surface area contributed by atoms with Crippen LogP contribution >= 0.6 is 50.9 Å². The van der Waals surface area contributed by atoms with Gasteiger partial charge >= 0.3 is 0 Å². The number of nitrogens with zero attached hydrogens (tertiary/aromatic N) is 1. The number of amides is 2. The molecule has 1 atom stereocenters. The van der Waals surface area contributed by atoms with Crippen LogP contribution in [0.25, 0.3) is 0 Å². The minimum atomic E-state index is -0.572. The van der Waals surface area contributed by atoms with Crippen LogP contribution in [0.5, 0.6) is 0 Å². The van der Waals surface area contributed by atoms with Crippen LogP contribution in [0.15, 0.2) is 46.9 Å². The quantitative estimate of drug-likeness (QED) is 0.413. The molecule has 0 aromatic heterocycles. The fourth-order valence-corrected chi connectivity index (χ4v) is 4.67. The summed E-state index contributed by atoms with van der Waals surface area (Å²) in [7, 11) is 0. The number of benzene rings is 2. The Morgan fingerprint density at radius 3 is 2.37 bits per heavy atom. The van der Waals surface area contributed by atoms with E-state index in [2.05, 4.69) is 21.2 Å². The summed E-state index contributed by atoms with van der Waals surface area (Å²) in [5.41, 5.74) is 1.77. The van der Waals surface area contributed by atoms with Crippen molar-refractivity contribution >= 4 is 62.7 Å². The van der Waals surface area contributed by atoms with E-state index >= 15 is 0 Å². The lowest BCUT2D eigenvalue weighted by atomic mass is 10.1. The number of hydrogen-bond donors (Lipinski definition) is 1. The Labute approximate surface area is 200 Å². The van der Waals surface area contributed by atoms with Gasteiger partial charge in [0.1, 0.15) is 6.04 Å². The maximum Gasteiger partial charge on any atom is 0.242 e. The van der Waals surface area contributed by atoms with E-state index < -0.39 is 6.04 Å². The molecule has 1 N–H and O–H groups in total. The van der Waals surface area contributed by atoms with Crippen LogP contribution in [0.4, 0.5) is 0 Å². The maximum absolute atomic E-state index is 13.0. The lowest BCUT2D eigenvalue weighted by Crippen LogP contribution is -2.48. The molecule has 0 aliphatic rings. The number of halogens is 3. The van der Waals surface area contributed by atoms with E-state index in [0.29, 0.717) is 28.9 Å². The lowest BCUT2D eigenvalue weighted by molar-refractivity contribution is -0.138. The lowest BCUT2D eigenvalue weighted by Gasteiger charge is -2.29. The number of carbonyl (C=O) groups excluding carboxylic acids is 2. The summed E-state index contributed by atoms with van der Waals surface area (Å²) in [4.78, 5) is 27.2. The fraction of sp³-hybridized carbons (Fsp3) is 0.364. The Balaban J connectivity index is 2.08. The van der Waals surface area contributed by atoms with Crippen molar-refractivity contribution in [3.8, 4) is 0 Å². The van der Waals surface area contributed by atoms with Gasteiger partial charge in [-0.05, 0) is 48.7 Å². The van der Waals surface area contributed by atoms with Crippen LogP contribution in [-0.2, 0) is 21.9 Å². The van der Waals surface area contributed by atoms with Crippen molar-refractivity contribution in [2.75, 3.05) is 12.3 Å². The second kappa shape index (κ2) is 12.6. The summed E-state index contributed by atoms with van der Waals surface area (Å²) in [5, 5.41) is 4.05. The molecule has 8 heteroatoms. The van der Waals surface area contributed by atoms with Gasteiger partial charge in [-0.3, -0.25) is 9.59 Å². The van der Waals surface area contributed by atoms with E-state index in [4.69, 9.17) is 23.2 Å². The third-order valence-corrected chi connectivity index (χ3v) is 6.70. The van der Waals surface area contributed by atoms with Gasteiger partial charge in [-0.25, -0.2) is 0 Å². The first-order chi connectivity index (χ1) is 14.3. The molecule has 0 radical (unpaired) electrons. The number of nitrogens with one attached hydrogen (secondary N) is 1. The van der Waals surface area contributed by atoms with Crippen molar-refractivity contribution in [1.82, 2.24) is 10.2 Å². The van der Waals surface area contributed by atoms with Crippen molar-refractivity contribution in [2.45, 2.75) is 38.6 Å². The van der Waals surface area contributed by atoms with E-state index in [1.54, 1.807) is 30.0 Å². The van der Waals surface area contributed by atoms with E-state index in [0.717, 1.165) is 22.0 Å². The molecule has 0 aliphatic heterocycles. The zero-order chi connectivity index (χ0) is 22.1. The van der Waals surface area contributed by atoms with Crippen molar-refractivity contribution in [1.29, 1.82) is 0 Å². The van der Waals surface area contributed by atoms with Gasteiger partial charge in [-0.15, -0.1) is 11.8 Å². The van der Waals surface area contributed by atoms with Gasteiger partial charge in [0.05, 0.1) is 5.75 Å². The highest BCUT2D eigenvalue weighted by Crippen LogP contribution is 2.28. The molecular formula is C22H25BrCl2N2O2S. The van der Waals surface area contributed by atoms with Gasteiger partial charge in [0.2, 0.25) is 11.8 Å². The largest absolute Gasteiger partial charge is 0.354 e. The molecule has 2 amide bonds. The molecule has 0 spiro atoms. The molecule has 0 saturated heterocycles. The Hall–Kier alpha value is -1.21. The van der Waals surface area contributed by atoms with Gasteiger partial charge in [-0.1, -0.05) is 64.3 Å². The van der Waals surface area contributed by atoms with Crippen molar-refractivity contribution in [3.63, 3.8) is 0 Å². The summed E-state index contributed by atoms with van der Waals surface area (Å²) < 4.78 is 0.963. The summed E-state index contributed by atoms with van der Waals surface area (Å²) in [5.74, 6) is 0.489. The van der Waals surface area contributed by atoms with Gasteiger partial charge in [0, 0.05) is 33.4 Å². The van der Waals surface area contributed by atoms with Crippen LogP contribution in [0.3, 0.4) is 0 Å². The average molecular weight is 532 g/mol. The number of thioether (sulfide) groups is 1. The van der Waals surface area contributed by atoms with E-state index in [9.17, 15) is 9.59 Å². The molecule has 0 fully saturated rings. The standard InChI is InChI=1S/C22H25BrCl2N2O2S/c1-3-11-26-22(29)15(2)27(12-16-7-9-17(23)10-8-16)21(28)14-30-13-18-19(24)5-4-6-20(18)25/h4-10,15H,3,11-14H2,1-2H3,(H,26,29). The second-order valence-electron chi connectivity index (χ2n) is 6.81. The number of carbonyl (C=O) groups is 2. The van der Waals surface area contributed by atoms with E-state index in [-0.39, 0.29) is 17.6 Å². The first kappa shape index (κ1) is 25.1. The summed E-state index contributed by atoms with van der Waals surface area (Å²) in [6, 6.07) is 12.5. The molecule has 1 unspecified atom stereocenters. The zero-order valence-electron chi connectivity index (χ0n) is 17.0. The molecule has 0 heterocycles.